The van der Waals surface area contributed by atoms with Crippen LogP contribution in [0.5, 0.6) is 23.0 Å². The van der Waals surface area contributed by atoms with Gasteiger partial charge in [-0.05, 0) is 17.7 Å². The van der Waals surface area contributed by atoms with Crippen LogP contribution in [0, 0.1) is 0 Å². The Kier molecular flexibility index (Phi) is 3.08. The van der Waals surface area contributed by atoms with E-state index in [9.17, 15) is 25.2 Å². The molecule has 0 aliphatic carbocycles. The molecule has 0 aliphatic heterocycles. The average molecular weight is 336 g/mol. The van der Waals surface area contributed by atoms with Gasteiger partial charge in [-0.2, -0.15) is 0 Å². The lowest BCUT2D eigenvalue weighted by Gasteiger charge is -2.11. The van der Waals surface area contributed by atoms with Crippen molar-refractivity contribution in [1.29, 1.82) is 0 Å². The summed E-state index contributed by atoms with van der Waals surface area (Å²) in [7, 11) is 0. The minimum atomic E-state index is -0.585. The van der Waals surface area contributed by atoms with E-state index in [2.05, 4.69) is 0 Å². The zero-order chi connectivity index (χ0) is 17.7. The van der Waals surface area contributed by atoms with Crippen LogP contribution < -0.4 is 5.43 Å². The van der Waals surface area contributed by atoms with Gasteiger partial charge in [0.25, 0.3) is 0 Å². The fourth-order valence-electron chi connectivity index (χ4n) is 2.92. The fourth-order valence-corrected chi connectivity index (χ4v) is 2.92. The van der Waals surface area contributed by atoms with E-state index in [0.717, 1.165) is 12.1 Å². The van der Waals surface area contributed by atoms with Gasteiger partial charge in [-0.15, -0.1) is 0 Å². The number of phenols is 4. The van der Waals surface area contributed by atoms with E-state index in [1.165, 1.54) is 6.07 Å². The third kappa shape index (κ3) is 2.08. The van der Waals surface area contributed by atoms with Gasteiger partial charge in [-0.1, -0.05) is 30.3 Å². The van der Waals surface area contributed by atoms with Gasteiger partial charge in [-0.3, -0.25) is 4.79 Å². The predicted molar refractivity (Wildman–Crippen MR) is 92.1 cm³/mol. The second-order valence-corrected chi connectivity index (χ2v) is 5.60. The smallest absolute Gasteiger partial charge is 0.204 e. The van der Waals surface area contributed by atoms with Crippen LogP contribution in [0.25, 0.3) is 33.1 Å². The molecular weight excluding hydrogens is 324 g/mol. The van der Waals surface area contributed by atoms with E-state index in [1.807, 2.05) is 0 Å². The van der Waals surface area contributed by atoms with Crippen molar-refractivity contribution < 1.29 is 24.8 Å². The quantitative estimate of drug-likeness (QED) is 0.313. The van der Waals surface area contributed by atoms with Crippen molar-refractivity contribution in [1.82, 2.24) is 0 Å². The number of hydrogen-bond donors (Lipinski definition) is 4. The normalized spacial score (nSPS) is 11.2. The first-order chi connectivity index (χ1) is 12.0. The molecule has 4 rings (SSSR count). The van der Waals surface area contributed by atoms with Crippen molar-refractivity contribution >= 4 is 21.9 Å². The van der Waals surface area contributed by atoms with Crippen LogP contribution in [0.15, 0.2) is 57.7 Å². The van der Waals surface area contributed by atoms with Crippen LogP contribution in [-0.4, -0.2) is 20.4 Å². The van der Waals surface area contributed by atoms with Gasteiger partial charge in [0, 0.05) is 6.07 Å². The third-order valence-corrected chi connectivity index (χ3v) is 4.09. The monoisotopic (exact) mass is 336 g/mol. The highest BCUT2D eigenvalue weighted by atomic mass is 16.4. The van der Waals surface area contributed by atoms with E-state index < -0.39 is 22.7 Å². The Bertz CT molecular complexity index is 1190. The summed E-state index contributed by atoms with van der Waals surface area (Å²) in [5, 5.41) is 40.0. The summed E-state index contributed by atoms with van der Waals surface area (Å²) in [6.45, 7) is 0. The lowest BCUT2D eigenvalue weighted by atomic mass is 10.00. The third-order valence-electron chi connectivity index (χ3n) is 4.09. The number of hydrogen-bond acceptors (Lipinski definition) is 6. The molecular formula is C19H12O6. The van der Waals surface area contributed by atoms with Gasteiger partial charge in [0.05, 0.1) is 10.9 Å². The van der Waals surface area contributed by atoms with E-state index in [1.54, 1.807) is 30.3 Å². The SMILES string of the molecule is O=c1c2ccc(O)c(O)c2oc2c(-c3ccccc3)c(O)cc(O)c12. The maximum Gasteiger partial charge on any atom is 0.204 e. The Morgan fingerprint density at radius 1 is 0.760 bits per heavy atom. The molecule has 4 aromatic rings. The lowest BCUT2D eigenvalue weighted by Crippen LogP contribution is -2.03. The summed E-state index contributed by atoms with van der Waals surface area (Å²) in [4.78, 5) is 12.8. The van der Waals surface area contributed by atoms with Crippen LogP contribution >= 0.6 is 0 Å². The maximum atomic E-state index is 12.8. The highest BCUT2D eigenvalue weighted by Crippen LogP contribution is 2.42. The molecule has 6 heteroatoms. The second-order valence-electron chi connectivity index (χ2n) is 5.60. The first kappa shape index (κ1) is 14.9. The topological polar surface area (TPSA) is 111 Å². The molecule has 1 heterocycles. The number of benzene rings is 3. The largest absolute Gasteiger partial charge is 0.507 e. The molecule has 6 nitrogen and oxygen atoms in total. The van der Waals surface area contributed by atoms with Crippen molar-refractivity contribution in [2.24, 2.45) is 0 Å². The lowest BCUT2D eigenvalue weighted by molar-refractivity contribution is 0.401. The van der Waals surface area contributed by atoms with Gasteiger partial charge < -0.3 is 24.8 Å². The van der Waals surface area contributed by atoms with Gasteiger partial charge >= 0.3 is 0 Å². The molecule has 0 unspecified atom stereocenters. The van der Waals surface area contributed by atoms with Crippen LogP contribution in [0.2, 0.25) is 0 Å². The maximum absolute atomic E-state index is 12.8. The zero-order valence-electron chi connectivity index (χ0n) is 12.7. The molecule has 4 N–H and O–H groups in total. The van der Waals surface area contributed by atoms with E-state index in [-0.39, 0.29) is 33.3 Å². The highest BCUT2D eigenvalue weighted by molar-refractivity contribution is 6.03. The molecule has 1 aromatic heterocycles. The Balaban J connectivity index is 2.28. The van der Waals surface area contributed by atoms with Crippen molar-refractivity contribution in [3.8, 4) is 34.1 Å². The van der Waals surface area contributed by atoms with E-state index in [0.29, 0.717) is 5.56 Å². The van der Waals surface area contributed by atoms with Gasteiger partial charge in [-0.25, -0.2) is 0 Å². The Morgan fingerprint density at radius 3 is 2.20 bits per heavy atom. The summed E-state index contributed by atoms with van der Waals surface area (Å²) >= 11 is 0. The number of rotatable bonds is 1. The molecule has 124 valence electrons. The summed E-state index contributed by atoms with van der Waals surface area (Å²) in [5.41, 5.74) is -0.120. The summed E-state index contributed by atoms with van der Waals surface area (Å²) in [6.07, 6.45) is 0. The van der Waals surface area contributed by atoms with Crippen LogP contribution in [-0.2, 0) is 0 Å². The number of fused-ring (bicyclic) bond motifs is 2. The van der Waals surface area contributed by atoms with Crippen LogP contribution in [0.3, 0.4) is 0 Å². The fraction of sp³-hybridized carbons (Fsp3) is 0. The Morgan fingerprint density at radius 2 is 1.48 bits per heavy atom. The van der Waals surface area contributed by atoms with Crippen LogP contribution in [0.4, 0.5) is 0 Å². The van der Waals surface area contributed by atoms with Gasteiger partial charge in [0.2, 0.25) is 11.2 Å². The second kappa shape index (κ2) is 5.17. The van der Waals surface area contributed by atoms with Crippen molar-refractivity contribution in [3.63, 3.8) is 0 Å². The Hall–Kier alpha value is -3.67. The van der Waals surface area contributed by atoms with Gasteiger partial charge in [0.1, 0.15) is 16.9 Å². The standard InChI is InChI=1S/C19H12O6/c20-11-7-6-10-16(23)15-13(22)8-12(21)14(9-4-2-1-3-5-9)19(15)25-18(10)17(11)24/h1-8,20-22,24H. The van der Waals surface area contributed by atoms with Crippen molar-refractivity contribution in [2.45, 2.75) is 0 Å². The first-order valence-electron chi connectivity index (χ1n) is 7.41. The minimum absolute atomic E-state index is 0.00259. The molecule has 0 amide bonds. The summed E-state index contributed by atoms with van der Waals surface area (Å²) in [6, 6.07) is 12.2. The molecule has 0 fully saturated rings. The van der Waals surface area contributed by atoms with Crippen molar-refractivity contribution in [3.05, 3.63) is 58.8 Å². The van der Waals surface area contributed by atoms with Crippen molar-refractivity contribution in [2.75, 3.05) is 0 Å². The minimum Gasteiger partial charge on any atom is -0.507 e. The highest BCUT2D eigenvalue weighted by Gasteiger charge is 2.21. The predicted octanol–water partition coefficient (Wildman–Crippen LogP) is 3.44. The number of aromatic hydroxyl groups is 4. The average Bonchev–Trinajstić information content (AvgIpc) is 2.59. The van der Waals surface area contributed by atoms with E-state index in [4.69, 9.17) is 4.42 Å². The van der Waals surface area contributed by atoms with Crippen LogP contribution in [0.1, 0.15) is 0 Å². The molecule has 0 saturated heterocycles. The Labute approximate surface area is 140 Å². The molecule has 0 spiro atoms. The molecule has 0 bridgehead atoms. The molecule has 0 aliphatic rings. The molecule has 0 radical (unpaired) electrons. The summed E-state index contributed by atoms with van der Waals surface area (Å²) in [5.74, 6) is -1.74. The van der Waals surface area contributed by atoms with E-state index >= 15 is 0 Å². The van der Waals surface area contributed by atoms with Gasteiger partial charge in [0.15, 0.2) is 16.9 Å². The first-order valence-corrected chi connectivity index (χ1v) is 7.41. The molecule has 0 saturated carbocycles. The zero-order valence-corrected chi connectivity index (χ0v) is 12.7. The molecule has 25 heavy (non-hydrogen) atoms. The molecule has 3 aromatic carbocycles. The molecule has 0 atom stereocenters. The summed E-state index contributed by atoms with van der Waals surface area (Å²) < 4.78 is 5.66. The number of phenolic OH excluding ortho intramolecular Hbond substituents is 4.